The second kappa shape index (κ2) is 6.67. The number of para-hydroxylation sites is 1. The van der Waals surface area contributed by atoms with E-state index in [0.717, 1.165) is 32.6 Å². The van der Waals surface area contributed by atoms with Gasteiger partial charge in [0.15, 0.2) is 0 Å². The van der Waals surface area contributed by atoms with E-state index in [1.165, 1.54) is 10.1 Å². The summed E-state index contributed by atoms with van der Waals surface area (Å²) in [6.07, 6.45) is 0. The number of hydrogen-bond acceptors (Lipinski definition) is 5. The molecule has 0 bridgehead atoms. The lowest BCUT2D eigenvalue weighted by Gasteiger charge is -2.24. The van der Waals surface area contributed by atoms with Gasteiger partial charge in [-0.2, -0.15) is 18.2 Å². The van der Waals surface area contributed by atoms with E-state index in [1.807, 2.05) is 61.5 Å². The highest BCUT2D eigenvalue weighted by atomic mass is 32.2. The molecule has 0 N–H and O–H groups in total. The van der Waals surface area contributed by atoms with Crippen molar-refractivity contribution in [2.75, 3.05) is 5.75 Å². The summed E-state index contributed by atoms with van der Waals surface area (Å²) >= 11 is 1.70. The van der Waals surface area contributed by atoms with Gasteiger partial charge < -0.3 is 4.18 Å². The van der Waals surface area contributed by atoms with Gasteiger partial charge in [-0.3, -0.25) is 0 Å². The van der Waals surface area contributed by atoms with E-state index in [-0.39, 0.29) is 17.6 Å². The molecule has 5 nitrogen and oxygen atoms in total. The van der Waals surface area contributed by atoms with E-state index in [9.17, 15) is 8.42 Å². The summed E-state index contributed by atoms with van der Waals surface area (Å²) in [6, 6.07) is 23.9. The van der Waals surface area contributed by atoms with Gasteiger partial charge in [-0.25, -0.2) is 0 Å². The minimum absolute atomic E-state index is 0.102. The lowest BCUT2D eigenvalue weighted by Crippen LogP contribution is -2.27. The Morgan fingerprint density at radius 1 is 0.968 bits per heavy atom. The van der Waals surface area contributed by atoms with Crippen LogP contribution in [-0.4, -0.2) is 24.0 Å². The first-order valence-corrected chi connectivity index (χ1v) is 12.4. The molecule has 6 rings (SSSR count). The molecule has 1 aliphatic rings. The summed E-state index contributed by atoms with van der Waals surface area (Å²) in [5.41, 5.74) is 3.38. The van der Waals surface area contributed by atoms with Gasteiger partial charge >= 0.3 is 10.1 Å². The van der Waals surface area contributed by atoms with Gasteiger partial charge in [-0.05, 0) is 30.7 Å². The van der Waals surface area contributed by atoms with E-state index in [0.29, 0.717) is 0 Å². The summed E-state index contributed by atoms with van der Waals surface area (Å²) in [5.74, 6) is -0.157. The molecule has 0 radical (unpaired) electrons. The molecule has 1 atom stereocenters. The molecule has 3 heterocycles. The Morgan fingerprint density at radius 3 is 2.55 bits per heavy atom. The molecule has 154 valence electrons. The van der Waals surface area contributed by atoms with Crippen molar-refractivity contribution < 1.29 is 12.6 Å². The van der Waals surface area contributed by atoms with Crippen LogP contribution in [0.15, 0.2) is 72.8 Å². The van der Waals surface area contributed by atoms with Crippen LogP contribution in [0, 0.1) is 6.92 Å². The first-order chi connectivity index (χ1) is 15.0. The van der Waals surface area contributed by atoms with Crippen molar-refractivity contribution >= 4 is 41.6 Å². The third-order valence-electron chi connectivity index (χ3n) is 5.80. The molecule has 7 heteroatoms. The van der Waals surface area contributed by atoms with Crippen LogP contribution in [0.25, 0.3) is 25.9 Å². The van der Waals surface area contributed by atoms with Crippen LogP contribution < -0.4 is 4.18 Å². The third-order valence-corrected chi connectivity index (χ3v) is 8.19. The predicted molar refractivity (Wildman–Crippen MR) is 124 cm³/mol. The number of rotatable bonds is 2. The number of fused-ring (bicyclic) bond motifs is 4. The highest BCUT2D eigenvalue weighted by Crippen LogP contribution is 2.46. The highest BCUT2D eigenvalue weighted by Gasteiger charge is 2.38. The van der Waals surface area contributed by atoms with Crippen LogP contribution in [0.5, 0.6) is 5.88 Å². The molecule has 0 fully saturated rings. The summed E-state index contributed by atoms with van der Waals surface area (Å²) in [7, 11) is -3.77. The molecule has 0 saturated carbocycles. The average molecular weight is 447 g/mol. The molecule has 0 aliphatic carbocycles. The van der Waals surface area contributed by atoms with E-state index in [1.54, 1.807) is 16.0 Å². The number of aromatic nitrogens is 2. The third kappa shape index (κ3) is 2.88. The Kier molecular flexibility index (Phi) is 4.00. The second-order valence-electron chi connectivity index (χ2n) is 7.73. The fraction of sp³-hybridized carbons (Fsp3) is 0.125. The Balaban J connectivity index is 1.63. The molecule has 3 aromatic carbocycles. The summed E-state index contributed by atoms with van der Waals surface area (Å²) in [4.78, 5) is 0. The zero-order chi connectivity index (χ0) is 21.2. The molecule has 1 aliphatic heterocycles. The maximum Gasteiger partial charge on any atom is 0.311 e. The Labute approximate surface area is 183 Å². The fourth-order valence-electron chi connectivity index (χ4n) is 4.47. The van der Waals surface area contributed by atoms with E-state index in [2.05, 4.69) is 23.3 Å². The number of aryl methyl sites for hydroxylation is 1. The van der Waals surface area contributed by atoms with Crippen LogP contribution in [0.3, 0.4) is 0 Å². The largest absolute Gasteiger partial charge is 0.361 e. The summed E-state index contributed by atoms with van der Waals surface area (Å²) in [5, 5.41) is 7.00. The van der Waals surface area contributed by atoms with Gasteiger partial charge in [0, 0.05) is 31.7 Å². The standard InChI is InChI=1S/C24H18N2O3S2/c1-15-22-20(19-12-7-11-18-17-10-5-6-13-21(17)30-23(18)19)14-31(27,28)29-24(22)26(25-15)16-8-3-2-4-9-16/h2-13,20H,14H2,1H3. The molecule has 0 saturated heterocycles. The number of benzene rings is 3. The molecular weight excluding hydrogens is 428 g/mol. The van der Waals surface area contributed by atoms with Crippen molar-refractivity contribution in [3.05, 3.63) is 89.6 Å². The Bertz CT molecular complexity index is 1570. The van der Waals surface area contributed by atoms with Gasteiger partial charge in [-0.15, -0.1) is 11.3 Å². The van der Waals surface area contributed by atoms with Crippen LogP contribution in [0.1, 0.15) is 22.7 Å². The van der Waals surface area contributed by atoms with Gasteiger partial charge in [0.25, 0.3) is 0 Å². The number of nitrogens with zero attached hydrogens (tertiary/aromatic N) is 2. The van der Waals surface area contributed by atoms with Gasteiger partial charge in [0.1, 0.15) is 0 Å². The summed E-state index contributed by atoms with van der Waals surface area (Å²) in [6.45, 7) is 1.91. The fourth-order valence-corrected chi connectivity index (χ4v) is 6.97. The quantitative estimate of drug-likeness (QED) is 0.341. The van der Waals surface area contributed by atoms with E-state index < -0.39 is 10.1 Å². The molecule has 31 heavy (non-hydrogen) atoms. The topological polar surface area (TPSA) is 61.2 Å². The highest BCUT2D eigenvalue weighted by molar-refractivity contribution is 7.87. The van der Waals surface area contributed by atoms with Gasteiger partial charge in [-0.1, -0.05) is 54.6 Å². The minimum Gasteiger partial charge on any atom is -0.361 e. The molecule has 1 unspecified atom stereocenters. The van der Waals surface area contributed by atoms with Crippen molar-refractivity contribution in [3.8, 4) is 11.6 Å². The Morgan fingerprint density at radius 2 is 1.71 bits per heavy atom. The first kappa shape index (κ1) is 18.6. The first-order valence-electron chi connectivity index (χ1n) is 9.99. The molecular formula is C24H18N2O3S2. The Hall–Kier alpha value is -3.16. The molecule has 5 aromatic rings. The zero-order valence-electron chi connectivity index (χ0n) is 16.6. The maximum absolute atomic E-state index is 12.8. The minimum atomic E-state index is -3.77. The SMILES string of the molecule is Cc1nn(-c2ccccc2)c2c1C(c1cccc3c1sc1ccccc13)CS(=O)(=O)O2. The average Bonchev–Trinajstić information content (AvgIpc) is 3.30. The van der Waals surface area contributed by atoms with Crippen LogP contribution in [-0.2, 0) is 10.1 Å². The van der Waals surface area contributed by atoms with Crippen LogP contribution >= 0.6 is 11.3 Å². The van der Waals surface area contributed by atoms with Crippen molar-refractivity contribution in [2.45, 2.75) is 12.8 Å². The normalized spacial score (nSPS) is 17.5. The van der Waals surface area contributed by atoms with Crippen molar-refractivity contribution in [1.82, 2.24) is 9.78 Å². The van der Waals surface area contributed by atoms with Crippen LogP contribution in [0.4, 0.5) is 0 Å². The maximum atomic E-state index is 12.8. The molecule has 2 aromatic heterocycles. The van der Waals surface area contributed by atoms with Crippen molar-refractivity contribution in [2.24, 2.45) is 0 Å². The number of hydrogen-bond donors (Lipinski definition) is 0. The molecule has 0 amide bonds. The monoisotopic (exact) mass is 446 g/mol. The second-order valence-corrected chi connectivity index (χ2v) is 10.4. The van der Waals surface area contributed by atoms with Crippen molar-refractivity contribution in [1.29, 1.82) is 0 Å². The summed E-state index contributed by atoms with van der Waals surface area (Å²) < 4.78 is 35.1. The van der Waals surface area contributed by atoms with E-state index >= 15 is 0 Å². The smallest absolute Gasteiger partial charge is 0.311 e. The predicted octanol–water partition coefficient (Wildman–Crippen LogP) is 5.40. The van der Waals surface area contributed by atoms with Crippen LogP contribution in [0.2, 0.25) is 0 Å². The number of thiophene rings is 1. The molecule has 0 spiro atoms. The van der Waals surface area contributed by atoms with Gasteiger partial charge in [0.2, 0.25) is 5.88 Å². The lowest BCUT2D eigenvalue weighted by molar-refractivity contribution is 0.447. The van der Waals surface area contributed by atoms with Gasteiger partial charge in [0.05, 0.1) is 17.1 Å². The van der Waals surface area contributed by atoms with Crippen molar-refractivity contribution in [3.63, 3.8) is 0 Å². The van der Waals surface area contributed by atoms with E-state index in [4.69, 9.17) is 4.18 Å². The lowest BCUT2D eigenvalue weighted by atomic mass is 9.91. The zero-order valence-corrected chi connectivity index (χ0v) is 18.3.